The topological polar surface area (TPSA) is 168 Å². The van der Waals surface area contributed by atoms with Crippen molar-refractivity contribution < 1.29 is 42.5 Å². The van der Waals surface area contributed by atoms with Crippen LogP contribution in [0.3, 0.4) is 0 Å². The van der Waals surface area contributed by atoms with Crippen molar-refractivity contribution in [3.63, 3.8) is 0 Å². The smallest absolute Gasteiger partial charge is 0.341 e. The van der Waals surface area contributed by atoms with Crippen LogP contribution in [0.5, 0.6) is 11.5 Å². The van der Waals surface area contributed by atoms with Crippen LogP contribution in [0, 0.1) is 0 Å². The van der Waals surface area contributed by atoms with Gasteiger partial charge in [0.2, 0.25) is 15.9 Å². The van der Waals surface area contributed by atoms with Crippen LogP contribution in [0.2, 0.25) is 0 Å². The van der Waals surface area contributed by atoms with Crippen LogP contribution in [0.1, 0.15) is 21.5 Å². The Morgan fingerprint density at radius 1 is 0.923 bits per heavy atom. The predicted octanol–water partition coefficient (Wildman–Crippen LogP) is 2.11. The molecule has 0 bridgehead atoms. The van der Waals surface area contributed by atoms with E-state index in [9.17, 15) is 27.9 Å². The van der Waals surface area contributed by atoms with Gasteiger partial charge in [-0.1, -0.05) is 36.4 Å². The van der Waals surface area contributed by atoms with E-state index in [2.05, 4.69) is 10.0 Å². The van der Waals surface area contributed by atoms with E-state index in [4.69, 9.17) is 14.6 Å². The van der Waals surface area contributed by atoms with Crippen LogP contribution in [-0.2, 0) is 32.5 Å². The van der Waals surface area contributed by atoms with Gasteiger partial charge in [0.1, 0.15) is 23.1 Å². The number of aliphatic carboxylic acids is 1. The zero-order valence-electron chi connectivity index (χ0n) is 21.0. The van der Waals surface area contributed by atoms with Crippen molar-refractivity contribution in [3.05, 3.63) is 89.5 Å². The van der Waals surface area contributed by atoms with E-state index >= 15 is 0 Å². The largest absolute Gasteiger partial charge is 0.497 e. The first-order valence-electron chi connectivity index (χ1n) is 11.8. The van der Waals surface area contributed by atoms with E-state index in [1.807, 2.05) is 12.1 Å². The van der Waals surface area contributed by atoms with Gasteiger partial charge < -0.3 is 25.0 Å². The van der Waals surface area contributed by atoms with Crippen molar-refractivity contribution in [3.8, 4) is 11.5 Å². The Bertz CT molecular complexity index is 1410. The van der Waals surface area contributed by atoms with Crippen LogP contribution in [0.4, 0.5) is 0 Å². The lowest BCUT2D eigenvalue weighted by Crippen LogP contribution is -2.48. The summed E-state index contributed by atoms with van der Waals surface area (Å²) in [7, 11) is -2.54. The maximum absolute atomic E-state index is 13.1. The molecule has 0 saturated heterocycles. The summed E-state index contributed by atoms with van der Waals surface area (Å²) < 4.78 is 38.6. The fourth-order valence-electron chi connectivity index (χ4n) is 3.66. The Morgan fingerprint density at radius 3 is 2.21 bits per heavy atom. The van der Waals surface area contributed by atoms with Crippen LogP contribution in [0.25, 0.3) is 0 Å². The second kappa shape index (κ2) is 13.4. The number of benzene rings is 3. The average molecular weight is 557 g/mol. The maximum atomic E-state index is 13.1. The molecule has 0 aliphatic carbocycles. The highest BCUT2D eigenvalue weighted by atomic mass is 32.2. The second-order valence-electron chi connectivity index (χ2n) is 8.40. The van der Waals surface area contributed by atoms with E-state index in [0.29, 0.717) is 17.7 Å². The van der Waals surface area contributed by atoms with Gasteiger partial charge in [0.25, 0.3) is 0 Å². The number of carbonyl (C=O) groups is 3. The molecule has 1 atom stereocenters. The normalized spacial score (nSPS) is 11.8. The monoisotopic (exact) mass is 556 g/mol. The molecule has 206 valence electrons. The molecule has 0 unspecified atom stereocenters. The number of hydrogen-bond donors (Lipinski definition) is 4. The number of sulfonamides is 1. The van der Waals surface area contributed by atoms with Crippen molar-refractivity contribution in [2.45, 2.75) is 23.8 Å². The molecule has 0 heterocycles. The summed E-state index contributed by atoms with van der Waals surface area (Å²) in [6.45, 7) is -0.521. The number of hydrogen-bond acceptors (Lipinski definition) is 7. The fraction of sp³-hybridized carbons (Fsp3) is 0.222. The molecule has 3 rings (SSSR count). The zero-order valence-corrected chi connectivity index (χ0v) is 21.8. The lowest BCUT2D eigenvalue weighted by Gasteiger charge is -2.19. The first-order chi connectivity index (χ1) is 18.6. The molecule has 3 aromatic carbocycles. The summed E-state index contributed by atoms with van der Waals surface area (Å²) >= 11 is 0. The molecule has 3 aromatic rings. The highest BCUT2D eigenvalue weighted by Crippen LogP contribution is 2.22. The molecule has 0 aliphatic rings. The molecule has 0 aromatic heterocycles. The van der Waals surface area contributed by atoms with Crippen molar-refractivity contribution in [2.75, 3.05) is 20.3 Å². The summed E-state index contributed by atoms with van der Waals surface area (Å²) in [5, 5.41) is 21.1. The van der Waals surface area contributed by atoms with Gasteiger partial charge in [-0.15, -0.1) is 0 Å². The molecule has 0 spiro atoms. The number of carboxylic acids is 2. The number of methoxy groups -OCH3 is 1. The first-order valence-corrected chi connectivity index (χ1v) is 13.3. The molecule has 11 nitrogen and oxygen atoms in total. The van der Waals surface area contributed by atoms with Crippen molar-refractivity contribution in [1.82, 2.24) is 10.0 Å². The molecule has 4 N–H and O–H groups in total. The summed E-state index contributed by atoms with van der Waals surface area (Å²) in [5.41, 5.74) is 0.931. The standard InChI is InChI=1S/C27H28N2O9S/c1-37-20-10-7-18(8-11-20)13-14-28-26(32)23(29-39(35,36)21-5-3-2-4-6-21)16-19-9-12-24(38-17-25(30)31)22(15-19)27(33)34/h2-12,15,23,29H,13-14,16-17H2,1H3,(H,28,32)(H,30,31)(H,33,34)/t23-/m0/s1. The number of ether oxygens (including phenoxy) is 2. The average Bonchev–Trinajstić information content (AvgIpc) is 2.92. The maximum Gasteiger partial charge on any atom is 0.341 e. The molecular weight excluding hydrogens is 528 g/mol. The summed E-state index contributed by atoms with van der Waals surface area (Å²) in [5.74, 6) is -2.73. The third-order valence-corrected chi connectivity index (χ3v) is 7.09. The minimum atomic E-state index is -4.09. The molecule has 0 fully saturated rings. The predicted molar refractivity (Wildman–Crippen MR) is 140 cm³/mol. The third kappa shape index (κ3) is 8.55. The van der Waals surface area contributed by atoms with Gasteiger partial charge in [-0.2, -0.15) is 4.72 Å². The quantitative estimate of drug-likeness (QED) is 0.232. The van der Waals surface area contributed by atoms with Gasteiger partial charge in [0, 0.05) is 6.54 Å². The number of carboxylic acid groups (broad SMARTS) is 2. The Morgan fingerprint density at radius 2 is 1.59 bits per heavy atom. The van der Waals surface area contributed by atoms with E-state index < -0.39 is 40.5 Å². The Hall–Kier alpha value is -4.42. The van der Waals surface area contributed by atoms with Crippen molar-refractivity contribution >= 4 is 27.9 Å². The van der Waals surface area contributed by atoms with Gasteiger partial charge in [-0.25, -0.2) is 18.0 Å². The zero-order chi connectivity index (χ0) is 28.4. The number of nitrogens with one attached hydrogen (secondary N) is 2. The van der Waals surface area contributed by atoms with Gasteiger partial charge >= 0.3 is 11.9 Å². The highest BCUT2D eigenvalue weighted by Gasteiger charge is 2.27. The minimum absolute atomic E-state index is 0.0373. The third-order valence-electron chi connectivity index (χ3n) is 5.60. The number of aromatic carboxylic acids is 1. The molecule has 1 amide bonds. The van der Waals surface area contributed by atoms with Crippen LogP contribution < -0.4 is 19.5 Å². The first kappa shape index (κ1) is 29.1. The van der Waals surface area contributed by atoms with Crippen LogP contribution in [-0.4, -0.2) is 62.8 Å². The molecule has 12 heteroatoms. The van der Waals surface area contributed by atoms with Gasteiger partial charge in [0.15, 0.2) is 6.61 Å². The van der Waals surface area contributed by atoms with Crippen LogP contribution >= 0.6 is 0 Å². The van der Waals surface area contributed by atoms with E-state index in [-0.39, 0.29) is 29.2 Å². The number of carbonyl (C=O) groups excluding carboxylic acids is 1. The van der Waals surface area contributed by atoms with Crippen LogP contribution in [0.15, 0.2) is 77.7 Å². The van der Waals surface area contributed by atoms with Gasteiger partial charge in [-0.3, -0.25) is 4.79 Å². The van der Waals surface area contributed by atoms with E-state index in [1.165, 1.54) is 30.3 Å². The Balaban J connectivity index is 1.81. The number of rotatable bonds is 14. The van der Waals surface area contributed by atoms with E-state index in [1.54, 1.807) is 37.4 Å². The highest BCUT2D eigenvalue weighted by molar-refractivity contribution is 7.89. The molecule has 0 aliphatic heterocycles. The summed E-state index contributed by atoms with van der Waals surface area (Å²) in [4.78, 5) is 35.7. The van der Waals surface area contributed by atoms with Crippen molar-refractivity contribution in [1.29, 1.82) is 0 Å². The Kier molecular flexibility index (Phi) is 10.0. The van der Waals surface area contributed by atoms with Gasteiger partial charge in [-0.05, 0) is 60.4 Å². The molecule has 0 saturated carbocycles. The SMILES string of the molecule is COc1ccc(CCNC(=O)[C@H](Cc2ccc(OCC(=O)O)c(C(=O)O)c2)NS(=O)(=O)c2ccccc2)cc1. The second-order valence-corrected chi connectivity index (χ2v) is 10.1. The molecular formula is C27H28N2O9S. The van der Waals surface area contributed by atoms with Crippen molar-refractivity contribution in [2.24, 2.45) is 0 Å². The van der Waals surface area contributed by atoms with Gasteiger partial charge in [0.05, 0.1) is 12.0 Å². The summed E-state index contributed by atoms with van der Waals surface area (Å²) in [6, 6.07) is 17.5. The summed E-state index contributed by atoms with van der Waals surface area (Å²) in [6.07, 6.45) is 0.298. The molecule has 39 heavy (non-hydrogen) atoms. The number of amides is 1. The lowest BCUT2D eigenvalue weighted by molar-refractivity contribution is -0.139. The molecule has 0 radical (unpaired) electrons. The minimum Gasteiger partial charge on any atom is -0.497 e. The fourth-order valence-corrected chi connectivity index (χ4v) is 4.88. The Labute approximate surface area is 225 Å². The lowest BCUT2D eigenvalue weighted by atomic mass is 10.0. The van der Waals surface area contributed by atoms with E-state index in [0.717, 1.165) is 5.56 Å².